The molecule has 3 heteroatoms. The molecule has 1 aromatic carbocycles. The minimum Gasteiger partial charge on any atom is -0.294 e. The van der Waals surface area contributed by atoms with Crippen molar-refractivity contribution >= 4 is 5.78 Å². The molecule has 0 N–H and O–H groups in total. The number of benzene rings is 1. The van der Waals surface area contributed by atoms with E-state index in [-0.39, 0.29) is 5.78 Å². The summed E-state index contributed by atoms with van der Waals surface area (Å²) in [7, 11) is 0. The van der Waals surface area contributed by atoms with Crippen molar-refractivity contribution in [1.82, 2.24) is 9.97 Å². The first-order valence-electron chi connectivity index (χ1n) is 8.66. The van der Waals surface area contributed by atoms with E-state index in [9.17, 15) is 4.79 Å². The van der Waals surface area contributed by atoms with Gasteiger partial charge in [0.05, 0.1) is 5.69 Å². The van der Waals surface area contributed by atoms with Crippen molar-refractivity contribution < 1.29 is 4.79 Å². The van der Waals surface area contributed by atoms with Gasteiger partial charge in [-0.05, 0) is 36.6 Å². The average Bonchev–Trinajstić information content (AvgIpc) is 2.64. The Morgan fingerprint density at radius 3 is 2.52 bits per heavy atom. The molecule has 0 unspecified atom stereocenters. The molecule has 2 aromatic heterocycles. The lowest BCUT2D eigenvalue weighted by Gasteiger charge is -2.11. The van der Waals surface area contributed by atoms with E-state index in [0.717, 1.165) is 40.8 Å². The number of carbonyl (C=O) groups is 1. The van der Waals surface area contributed by atoms with Crippen LogP contribution < -0.4 is 0 Å². The molecule has 0 fully saturated rings. The topological polar surface area (TPSA) is 42.9 Å². The number of Topliss-reactive ketones (excluding diaryl/α,β-unsaturated/α-hetero) is 1. The van der Waals surface area contributed by atoms with Crippen molar-refractivity contribution in [2.45, 2.75) is 33.1 Å². The van der Waals surface area contributed by atoms with E-state index in [1.54, 1.807) is 6.20 Å². The van der Waals surface area contributed by atoms with E-state index in [2.05, 4.69) is 23.0 Å². The van der Waals surface area contributed by atoms with Gasteiger partial charge in [-0.25, -0.2) is 0 Å². The van der Waals surface area contributed by atoms with Gasteiger partial charge < -0.3 is 0 Å². The Morgan fingerprint density at radius 2 is 1.80 bits per heavy atom. The lowest BCUT2D eigenvalue weighted by Crippen LogP contribution is -2.00. The van der Waals surface area contributed by atoms with Gasteiger partial charge >= 0.3 is 0 Å². The van der Waals surface area contributed by atoms with E-state index in [1.807, 2.05) is 55.7 Å². The molecule has 3 nitrogen and oxygen atoms in total. The van der Waals surface area contributed by atoms with Crippen LogP contribution in [0.5, 0.6) is 0 Å². The summed E-state index contributed by atoms with van der Waals surface area (Å²) < 4.78 is 0. The minimum absolute atomic E-state index is 0.207. The molecule has 0 aliphatic rings. The third-order valence-electron chi connectivity index (χ3n) is 4.34. The van der Waals surface area contributed by atoms with Crippen molar-refractivity contribution in [2.75, 3.05) is 0 Å². The number of rotatable bonds is 6. The molecule has 0 aliphatic heterocycles. The minimum atomic E-state index is 0.207. The van der Waals surface area contributed by atoms with Crippen LogP contribution in [0.1, 0.15) is 46.9 Å². The summed E-state index contributed by atoms with van der Waals surface area (Å²) in [5.41, 5.74) is 6.36. The summed E-state index contributed by atoms with van der Waals surface area (Å²) in [5, 5.41) is 0. The molecule has 25 heavy (non-hydrogen) atoms. The van der Waals surface area contributed by atoms with E-state index < -0.39 is 0 Å². The highest BCUT2D eigenvalue weighted by molar-refractivity contribution is 5.96. The second-order valence-electron chi connectivity index (χ2n) is 6.24. The Balaban J connectivity index is 1.87. The molecule has 0 amide bonds. The molecule has 126 valence electrons. The van der Waals surface area contributed by atoms with Crippen molar-refractivity contribution in [3.63, 3.8) is 0 Å². The fourth-order valence-electron chi connectivity index (χ4n) is 2.94. The predicted molar refractivity (Wildman–Crippen MR) is 101 cm³/mol. The second-order valence-corrected chi connectivity index (χ2v) is 6.24. The fraction of sp³-hybridized carbons (Fsp3) is 0.227. The van der Waals surface area contributed by atoms with Gasteiger partial charge in [0.1, 0.15) is 0 Å². The molecule has 0 aliphatic carbocycles. The molecule has 0 bridgehead atoms. The van der Waals surface area contributed by atoms with E-state index in [4.69, 9.17) is 0 Å². The Hall–Kier alpha value is -2.81. The zero-order chi connectivity index (χ0) is 17.6. The maximum absolute atomic E-state index is 12.0. The first-order chi connectivity index (χ1) is 12.2. The van der Waals surface area contributed by atoms with Crippen LogP contribution in [0.25, 0.3) is 11.1 Å². The van der Waals surface area contributed by atoms with Gasteiger partial charge in [-0.2, -0.15) is 0 Å². The largest absolute Gasteiger partial charge is 0.294 e. The molecule has 0 radical (unpaired) electrons. The number of hydrogen-bond acceptors (Lipinski definition) is 3. The number of carbonyl (C=O) groups excluding carboxylic acids is 1. The van der Waals surface area contributed by atoms with Crippen molar-refractivity contribution in [3.8, 4) is 11.1 Å². The van der Waals surface area contributed by atoms with Gasteiger partial charge in [-0.1, -0.05) is 37.3 Å². The van der Waals surface area contributed by atoms with Crippen LogP contribution in [-0.4, -0.2) is 15.8 Å². The molecular formula is C22H22N2O. The van der Waals surface area contributed by atoms with E-state index in [0.29, 0.717) is 6.42 Å². The zero-order valence-electron chi connectivity index (χ0n) is 14.7. The highest BCUT2D eigenvalue weighted by Gasteiger charge is 2.10. The summed E-state index contributed by atoms with van der Waals surface area (Å²) >= 11 is 0. The summed E-state index contributed by atoms with van der Waals surface area (Å²) in [4.78, 5) is 20.8. The number of nitrogens with zero attached hydrogens (tertiary/aromatic N) is 2. The Bertz CT molecular complexity index is 869. The molecular weight excluding hydrogens is 308 g/mol. The lowest BCUT2D eigenvalue weighted by atomic mass is 9.97. The standard InChI is InChI=1S/C22H22N2O/c1-3-5-22(25)18-9-7-17(8-10-18)14-21-19(6-4-12-24-21)20-15-23-13-11-16(20)2/h4,6-13,15H,3,5,14H2,1-2H3. The molecule has 3 rings (SSSR count). The van der Waals surface area contributed by atoms with E-state index in [1.165, 1.54) is 5.56 Å². The van der Waals surface area contributed by atoms with Crippen LogP contribution in [-0.2, 0) is 6.42 Å². The molecule has 3 aromatic rings. The van der Waals surface area contributed by atoms with Gasteiger partial charge in [0.2, 0.25) is 0 Å². The quantitative estimate of drug-likeness (QED) is 0.596. The molecule has 0 spiro atoms. The number of pyridine rings is 2. The number of aryl methyl sites for hydroxylation is 1. The SMILES string of the molecule is CCCC(=O)c1ccc(Cc2ncccc2-c2cnccc2C)cc1. The van der Waals surface area contributed by atoms with Crippen LogP contribution >= 0.6 is 0 Å². The maximum atomic E-state index is 12.0. The highest BCUT2D eigenvalue weighted by atomic mass is 16.1. The summed E-state index contributed by atoms with van der Waals surface area (Å²) in [6, 6.07) is 14.0. The van der Waals surface area contributed by atoms with Gasteiger partial charge in [0.25, 0.3) is 0 Å². The Kier molecular flexibility index (Phi) is 5.34. The van der Waals surface area contributed by atoms with Crippen LogP contribution in [0.3, 0.4) is 0 Å². The fourth-order valence-corrected chi connectivity index (χ4v) is 2.94. The molecule has 0 saturated carbocycles. The third-order valence-corrected chi connectivity index (χ3v) is 4.34. The average molecular weight is 330 g/mol. The normalized spacial score (nSPS) is 10.6. The van der Waals surface area contributed by atoms with Crippen LogP contribution in [0.4, 0.5) is 0 Å². The Morgan fingerprint density at radius 1 is 1.00 bits per heavy atom. The van der Waals surface area contributed by atoms with Gasteiger partial charge in [0.15, 0.2) is 5.78 Å². The van der Waals surface area contributed by atoms with Crippen LogP contribution in [0.15, 0.2) is 61.1 Å². The smallest absolute Gasteiger partial charge is 0.162 e. The van der Waals surface area contributed by atoms with Gasteiger partial charge in [0, 0.05) is 48.1 Å². The second kappa shape index (κ2) is 7.84. The third kappa shape index (κ3) is 4.00. The number of aromatic nitrogens is 2. The molecule has 0 saturated heterocycles. The molecule has 2 heterocycles. The maximum Gasteiger partial charge on any atom is 0.162 e. The predicted octanol–water partition coefficient (Wildman–Crippen LogP) is 5.03. The van der Waals surface area contributed by atoms with Crippen molar-refractivity contribution in [1.29, 1.82) is 0 Å². The lowest BCUT2D eigenvalue weighted by molar-refractivity contribution is 0.0981. The first-order valence-corrected chi connectivity index (χ1v) is 8.66. The van der Waals surface area contributed by atoms with E-state index >= 15 is 0 Å². The summed E-state index contributed by atoms with van der Waals surface area (Å²) in [6.07, 6.45) is 7.73. The highest BCUT2D eigenvalue weighted by Crippen LogP contribution is 2.26. The molecule has 0 atom stereocenters. The van der Waals surface area contributed by atoms with Gasteiger partial charge in [-0.15, -0.1) is 0 Å². The number of ketones is 1. The number of hydrogen-bond donors (Lipinski definition) is 0. The zero-order valence-corrected chi connectivity index (χ0v) is 14.7. The summed E-state index contributed by atoms with van der Waals surface area (Å²) in [6.45, 7) is 4.11. The van der Waals surface area contributed by atoms with Crippen LogP contribution in [0, 0.1) is 6.92 Å². The Labute approximate surface area is 148 Å². The van der Waals surface area contributed by atoms with Gasteiger partial charge in [-0.3, -0.25) is 14.8 Å². The first kappa shape index (κ1) is 17.0. The van der Waals surface area contributed by atoms with Crippen LogP contribution in [0.2, 0.25) is 0 Å². The monoisotopic (exact) mass is 330 g/mol. The summed E-state index contributed by atoms with van der Waals surface area (Å²) in [5.74, 6) is 0.207. The van der Waals surface area contributed by atoms with Crippen molar-refractivity contribution in [3.05, 3.63) is 83.4 Å². The van der Waals surface area contributed by atoms with Crippen molar-refractivity contribution in [2.24, 2.45) is 0 Å².